The van der Waals surface area contributed by atoms with Crippen molar-refractivity contribution >= 4 is 18.5 Å². The highest BCUT2D eigenvalue weighted by Crippen LogP contribution is 2.10. The van der Waals surface area contributed by atoms with Gasteiger partial charge in [-0.2, -0.15) is 0 Å². The molecular formula is C13H19NOS. The number of unbranched alkanes of at least 4 members (excludes halogenated alkanes) is 2. The quantitative estimate of drug-likeness (QED) is 0.616. The molecule has 0 bridgehead atoms. The van der Waals surface area contributed by atoms with Crippen LogP contribution in [-0.2, 0) is 0 Å². The van der Waals surface area contributed by atoms with Gasteiger partial charge in [0.1, 0.15) is 0 Å². The molecule has 0 saturated heterocycles. The third-order valence-corrected chi connectivity index (χ3v) is 2.86. The van der Waals surface area contributed by atoms with Crippen LogP contribution in [0.1, 0.15) is 36.5 Å². The van der Waals surface area contributed by atoms with Crippen LogP contribution in [0.3, 0.4) is 0 Å². The van der Waals surface area contributed by atoms with Gasteiger partial charge in [-0.3, -0.25) is 4.79 Å². The molecule has 0 aliphatic carbocycles. The van der Waals surface area contributed by atoms with E-state index in [4.69, 9.17) is 0 Å². The van der Waals surface area contributed by atoms with Gasteiger partial charge in [0, 0.05) is 24.1 Å². The molecule has 0 spiro atoms. The highest BCUT2D eigenvalue weighted by Gasteiger charge is 2.10. The second-order valence-electron chi connectivity index (χ2n) is 3.98. The monoisotopic (exact) mass is 237 g/mol. The average molecular weight is 237 g/mol. The molecule has 1 aromatic carbocycles. The SMILES string of the molecule is CCCCCN(C)C(=O)c1ccc(S)cc1. The second kappa shape index (κ2) is 6.59. The lowest BCUT2D eigenvalue weighted by Gasteiger charge is -2.16. The van der Waals surface area contributed by atoms with Crippen molar-refractivity contribution in [1.82, 2.24) is 4.90 Å². The Labute approximate surface area is 103 Å². The fourth-order valence-corrected chi connectivity index (χ4v) is 1.67. The van der Waals surface area contributed by atoms with E-state index in [9.17, 15) is 4.79 Å². The van der Waals surface area contributed by atoms with Gasteiger partial charge in [0.2, 0.25) is 0 Å². The standard InChI is InChI=1S/C13H19NOS/c1-3-4-5-10-14(2)13(15)11-6-8-12(16)9-7-11/h6-9,16H,3-5,10H2,1-2H3. The van der Waals surface area contributed by atoms with Crippen LogP contribution in [0.25, 0.3) is 0 Å². The van der Waals surface area contributed by atoms with Gasteiger partial charge in [-0.05, 0) is 30.7 Å². The van der Waals surface area contributed by atoms with Gasteiger partial charge in [0.05, 0.1) is 0 Å². The average Bonchev–Trinajstić information content (AvgIpc) is 2.29. The number of hydrogen-bond acceptors (Lipinski definition) is 2. The third-order valence-electron chi connectivity index (χ3n) is 2.56. The van der Waals surface area contributed by atoms with Gasteiger partial charge in [-0.1, -0.05) is 19.8 Å². The van der Waals surface area contributed by atoms with Crippen LogP contribution in [-0.4, -0.2) is 24.4 Å². The maximum Gasteiger partial charge on any atom is 0.253 e. The smallest absolute Gasteiger partial charge is 0.253 e. The molecule has 0 saturated carbocycles. The van der Waals surface area contributed by atoms with E-state index >= 15 is 0 Å². The molecule has 0 unspecified atom stereocenters. The van der Waals surface area contributed by atoms with Gasteiger partial charge in [-0.25, -0.2) is 0 Å². The first-order chi connectivity index (χ1) is 7.65. The summed E-state index contributed by atoms with van der Waals surface area (Å²) in [5.41, 5.74) is 0.733. The lowest BCUT2D eigenvalue weighted by Crippen LogP contribution is -2.27. The summed E-state index contributed by atoms with van der Waals surface area (Å²) >= 11 is 4.20. The normalized spacial score (nSPS) is 10.2. The Morgan fingerprint density at radius 3 is 2.44 bits per heavy atom. The van der Waals surface area contributed by atoms with E-state index in [1.165, 1.54) is 12.8 Å². The second-order valence-corrected chi connectivity index (χ2v) is 4.50. The molecule has 0 atom stereocenters. The van der Waals surface area contributed by atoms with E-state index in [-0.39, 0.29) is 5.91 Å². The Morgan fingerprint density at radius 2 is 1.88 bits per heavy atom. The summed E-state index contributed by atoms with van der Waals surface area (Å²) in [6.07, 6.45) is 3.42. The molecule has 2 nitrogen and oxygen atoms in total. The third kappa shape index (κ3) is 3.89. The molecule has 0 aliphatic rings. The van der Waals surface area contributed by atoms with Gasteiger partial charge in [0.25, 0.3) is 5.91 Å². The van der Waals surface area contributed by atoms with Gasteiger partial charge in [0.15, 0.2) is 0 Å². The number of rotatable bonds is 5. The molecule has 1 amide bonds. The molecule has 0 radical (unpaired) electrons. The fourth-order valence-electron chi connectivity index (χ4n) is 1.52. The molecule has 0 aliphatic heterocycles. The maximum absolute atomic E-state index is 12.0. The van der Waals surface area contributed by atoms with Crippen LogP contribution in [0, 0.1) is 0 Å². The van der Waals surface area contributed by atoms with E-state index in [0.29, 0.717) is 0 Å². The van der Waals surface area contributed by atoms with Crippen LogP contribution in [0.4, 0.5) is 0 Å². The van der Waals surface area contributed by atoms with Gasteiger partial charge >= 0.3 is 0 Å². The molecule has 3 heteroatoms. The van der Waals surface area contributed by atoms with Crippen molar-refractivity contribution in [2.45, 2.75) is 31.1 Å². The summed E-state index contributed by atoms with van der Waals surface area (Å²) in [5.74, 6) is 0.0874. The van der Waals surface area contributed by atoms with Crippen molar-refractivity contribution in [2.24, 2.45) is 0 Å². The minimum absolute atomic E-state index is 0.0874. The molecule has 0 fully saturated rings. The summed E-state index contributed by atoms with van der Waals surface area (Å²) < 4.78 is 0. The number of benzene rings is 1. The molecular weight excluding hydrogens is 218 g/mol. The zero-order valence-electron chi connectivity index (χ0n) is 9.94. The summed E-state index contributed by atoms with van der Waals surface area (Å²) in [6.45, 7) is 2.99. The molecule has 0 heterocycles. The first-order valence-electron chi connectivity index (χ1n) is 5.69. The molecule has 88 valence electrons. The van der Waals surface area contributed by atoms with Gasteiger partial charge < -0.3 is 4.90 Å². The van der Waals surface area contributed by atoms with Crippen molar-refractivity contribution in [3.05, 3.63) is 29.8 Å². The number of thiol groups is 1. The highest BCUT2D eigenvalue weighted by atomic mass is 32.1. The Morgan fingerprint density at radius 1 is 1.25 bits per heavy atom. The Bertz CT molecular complexity index is 334. The van der Waals surface area contributed by atoms with E-state index in [2.05, 4.69) is 19.6 Å². The van der Waals surface area contributed by atoms with Crippen LogP contribution < -0.4 is 0 Å². The van der Waals surface area contributed by atoms with E-state index in [1.54, 1.807) is 4.90 Å². The zero-order valence-corrected chi connectivity index (χ0v) is 10.8. The minimum Gasteiger partial charge on any atom is -0.342 e. The topological polar surface area (TPSA) is 20.3 Å². The molecule has 0 N–H and O–H groups in total. The summed E-state index contributed by atoms with van der Waals surface area (Å²) in [7, 11) is 1.85. The van der Waals surface area contributed by atoms with Crippen molar-refractivity contribution in [3.63, 3.8) is 0 Å². The van der Waals surface area contributed by atoms with Crippen LogP contribution in [0.2, 0.25) is 0 Å². The van der Waals surface area contributed by atoms with Crippen LogP contribution in [0.5, 0.6) is 0 Å². The molecule has 0 aromatic heterocycles. The number of hydrogen-bond donors (Lipinski definition) is 1. The van der Waals surface area contributed by atoms with Crippen molar-refractivity contribution in [3.8, 4) is 0 Å². The predicted molar refractivity (Wildman–Crippen MR) is 70.2 cm³/mol. The minimum atomic E-state index is 0.0874. The summed E-state index contributed by atoms with van der Waals surface area (Å²) in [6, 6.07) is 7.33. The summed E-state index contributed by atoms with van der Waals surface area (Å²) in [5, 5.41) is 0. The van der Waals surface area contributed by atoms with E-state index < -0.39 is 0 Å². The molecule has 1 rings (SSSR count). The number of amides is 1. The number of carbonyl (C=O) groups excluding carboxylic acids is 1. The van der Waals surface area contributed by atoms with Crippen LogP contribution in [0.15, 0.2) is 29.2 Å². The van der Waals surface area contributed by atoms with E-state index in [0.717, 1.165) is 23.4 Å². The highest BCUT2D eigenvalue weighted by molar-refractivity contribution is 7.80. The van der Waals surface area contributed by atoms with Crippen LogP contribution >= 0.6 is 12.6 Å². The van der Waals surface area contributed by atoms with Crippen molar-refractivity contribution < 1.29 is 4.79 Å². The number of nitrogens with zero attached hydrogens (tertiary/aromatic N) is 1. The Balaban J connectivity index is 2.53. The first-order valence-corrected chi connectivity index (χ1v) is 6.14. The summed E-state index contributed by atoms with van der Waals surface area (Å²) in [4.78, 5) is 14.6. The van der Waals surface area contributed by atoms with E-state index in [1.807, 2.05) is 31.3 Å². The maximum atomic E-state index is 12.0. The fraction of sp³-hybridized carbons (Fsp3) is 0.462. The van der Waals surface area contributed by atoms with Crippen molar-refractivity contribution in [1.29, 1.82) is 0 Å². The zero-order chi connectivity index (χ0) is 12.0. The van der Waals surface area contributed by atoms with Crippen molar-refractivity contribution in [2.75, 3.05) is 13.6 Å². The lowest BCUT2D eigenvalue weighted by molar-refractivity contribution is 0.0792. The first kappa shape index (κ1) is 13.1. The lowest BCUT2D eigenvalue weighted by atomic mass is 10.2. The predicted octanol–water partition coefficient (Wildman–Crippen LogP) is 3.24. The molecule has 16 heavy (non-hydrogen) atoms. The Hall–Kier alpha value is -0.960. The molecule has 1 aromatic rings. The largest absolute Gasteiger partial charge is 0.342 e. The Kier molecular flexibility index (Phi) is 5.39. The number of carbonyl (C=O) groups is 1. The van der Waals surface area contributed by atoms with Gasteiger partial charge in [-0.15, -0.1) is 12.6 Å².